The maximum absolute atomic E-state index is 12.9. The molecule has 0 fully saturated rings. The third kappa shape index (κ3) is 2.44. The monoisotopic (exact) mass is 314 g/mol. The standard InChI is InChI=1S/C18H18O3S/c1-3-7-14-10-11-17-16(12-14)18(13(2)21-17)22(19,20)15-8-5-4-6-9-15/h4-6,8-12H,3,7H2,1-2H3. The van der Waals surface area contributed by atoms with Gasteiger partial charge in [0.2, 0.25) is 9.84 Å². The first-order valence-corrected chi connectivity index (χ1v) is 8.84. The predicted octanol–water partition coefficient (Wildman–Crippen LogP) is 4.53. The van der Waals surface area contributed by atoms with Crippen molar-refractivity contribution in [3.63, 3.8) is 0 Å². The van der Waals surface area contributed by atoms with Crippen molar-refractivity contribution in [2.45, 2.75) is 36.5 Å². The average Bonchev–Trinajstić information content (AvgIpc) is 2.84. The van der Waals surface area contributed by atoms with Gasteiger partial charge in [0.1, 0.15) is 16.2 Å². The van der Waals surface area contributed by atoms with E-state index in [0.29, 0.717) is 21.6 Å². The fourth-order valence-corrected chi connectivity index (χ4v) is 4.36. The van der Waals surface area contributed by atoms with Crippen molar-refractivity contribution in [1.29, 1.82) is 0 Å². The van der Waals surface area contributed by atoms with Gasteiger partial charge in [-0.2, -0.15) is 0 Å². The van der Waals surface area contributed by atoms with Gasteiger partial charge in [0.15, 0.2) is 0 Å². The lowest BCUT2D eigenvalue weighted by molar-refractivity contribution is 0.557. The van der Waals surface area contributed by atoms with Crippen LogP contribution in [-0.2, 0) is 16.3 Å². The van der Waals surface area contributed by atoms with Crippen LogP contribution in [0.25, 0.3) is 11.0 Å². The average molecular weight is 314 g/mol. The summed E-state index contributed by atoms with van der Waals surface area (Å²) in [6, 6.07) is 14.3. The molecule has 0 saturated heterocycles. The number of benzene rings is 2. The number of hydrogen-bond acceptors (Lipinski definition) is 3. The summed E-state index contributed by atoms with van der Waals surface area (Å²) in [6.07, 6.45) is 1.94. The molecule has 1 aromatic heterocycles. The molecule has 1 heterocycles. The van der Waals surface area contributed by atoms with E-state index in [2.05, 4.69) is 6.92 Å². The smallest absolute Gasteiger partial charge is 0.210 e. The van der Waals surface area contributed by atoms with Gasteiger partial charge in [0, 0.05) is 5.39 Å². The Kier molecular flexibility index (Phi) is 3.79. The zero-order valence-electron chi connectivity index (χ0n) is 12.7. The van der Waals surface area contributed by atoms with Crippen molar-refractivity contribution in [2.75, 3.05) is 0 Å². The summed E-state index contributed by atoms with van der Waals surface area (Å²) in [5.41, 5.74) is 1.74. The Morgan fingerprint density at radius 2 is 1.77 bits per heavy atom. The van der Waals surface area contributed by atoms with E-state index < -0.39 is 9.84 Å². The van der Waals surface area contributed by atoms with Gasteiger partial charge in [0.05, 0.1) is 4.90 Å². The van der Waals surface area contributed by atoms with Crippen molar-refractivity contribution < 1.29 is 12.8 Å². The molecule has 114 valence electrons. The number of aryl methyl sites for hydroxylation is 2. The molecule has 3 rings (SSSR count). The molecule has 2 aromatic carbocycles. The van der Waals surface area contributed by atoms with Gasteiger partial charge < -0.3 is 4.42 Å². The molecule has 0 radical (unpaired) electrons. The Bertz CT molecular complexity index is 906. The minimum Gasteiger partial charge on any atom is -0.460 e. The zero-order valence-corrected chi connectivity index (χ0v) is 13.5. The molecule has 0 atom stereocenters. The number of fused-ring (bicyclic) bond motifs is 1. The minimum atomic E-state index is -3.58. The summed E-state index contributed by atoms with van der Waals surface area (Å²) in [5.74, 6) is 0.438. The van der Waals surface area contributed by atoms with Crippen molar-refractivity contribution >= 4 is 20.8 Å². The van der Waals surface area contributed by atoms with Gasteiger partial charge in [-0.3, -0.25) is 0 Å². The number of hydrogen-bond donors (Lipinski definition) is 0. The minimum absolute atomic E-state index is 0.284. The quantitative estimate of drug-likeness (QED) is 0.711. The van der Waals surface area contributed by atoms with E-state index >= 15 is 0 Å². The fourth-order valence-electron chi connectivity index (χ4n) is 2.74. The Labute approximate surface area is 130 Å². The van der Waals surface area contributed by atoms with Crippen molar-refractivity contribution in [3.05, 3.63) is 59.9 Å². The molecule has 3 nitrogen and oxygen atoms in total. The van der Waals surface area contributed by atoms with Crippen LogP contribution < -0.4 is 0 Å². The first-order valence-electron chi connectivity index (χ1n) is 7.36. The molecule has 0 aliphatic carbocycles. The van der Waals surface area contributed by atoms with Crippen LogP contribution in [0.3, 0.4) is 0 Å². The van der Waals surface area contributed by atoms with Crippen LogP contribution in [0.15, 0.2) is 62.7 Å². The van der Waals surface area contributed by atoms with Gasteiger partial charge in [-0.1, -0.05) is 37.6 Å². The SMILES string of the molecule is CCCc1ccc2oc(C)c(S(=O)(=O)c3ccccc3)c2c1. The van der Waals surface area contributed by atoms with Crippen molar-refractivity contribution in [1.82, 2.24) is 0 Å². The summed E-state index contributed by atoms with van der Waals surface area (Å²) >= 11 is 0. The van der Waals surface area contributed by atoms with Crippen molar-refractivity contribution in [2.24, 2.45) is 0 Å². The number of rotatable bonds is 4. The highest BCUT2D eigenvalue weighted by molar-refractivity contribution is 7.91. The van der Waals surface area contributed by atoms with Gasteiger partial charge in [-0.05, 0) is 43.2 Å². The van der Waals surface area contributed by atoms with E-state index in [4.69, 9.17) is 4.42 Å². The first kappa shape index (κ1) is 14.9. The van der Waals surface area contributed by atoms with Crippen LogP contribution >= 0.6 is 0 Å². The number of sulfone groups is 1. The molecule has 0 unspecified atom stereocenters. The maximum atomic E-state index is 12.9. The van der Waals surface area contributed by atoms with Crippen LogP contribution in [0.4, 0.5) is 0 Å². The topological polar surface area (TPSA) is 47.3 Å². The first-order chi connectivity index (χ1) is 10.5. The van der Waals surface area contributed by atoms with E-state index in [9.17, 15) is 8.42 Å². The van der Waals surface area contributed by atoms with E-state index in [0.717, 1.165) is 18.4 Å². The molecular weight excluding hydrogens is 296 g/mol. The van der Waals surface area contributed by atoms with Crippen LogP contribution in [0.2, 0.25) is 0 Å². The lowest BCUT2D eigenvalue weighted by Gasteiger charge is -2.04. The Balaban J connectivity index is 2.26. The van der Waals surface area contributed by atoms with Crippen LogP contribution in [0, 0.1) is 6.92 Å². The van der Waals surface area contributed by atoms with Gasteiger partial charge in [-0.15, -0.1) is 0 Å². The molecule has 22 heavy (non-hydrogen) atoms. The molecule has 0 aliphatic rings. The molecular formula is C18H18O3S. The summed E-state index contributed by atoms with van der Waals surface area (Å²) in [4.78, 5) is 0.577. The molecule has 0 amide bonds. The molecule has 0 saturated carbocycles. The molecule has 0 N–H and O–H groups in total. The third-order valence-electron chi connectivity index (χ3n) is 3.73. The fraction of sp³-hybridized carbons (Fsp3) is 0.222. The van der Waals surface area contributed by atoms with Gasteiger partial charge in [0.25, 0.3) is 0 Å². The normalized spacial score (nSPS) is 11.9. The van der Waals surface area contributed by atoms with Gasteiger partial charge >= 0.3 is 0 Å². The Hall–Kier alpha value is -2.07. The molecule has 0 spiro atoms. The van der Waals surface area contributed by atoms with E-state index in [1.165, 1.54) is 0 Å². The highest BCUT2D eigenvalue weighted by Gasteiger charge is 2.26. The van der Waals surface area contributed by atoms with Crippen LogP contribution in [0.5, 0.6) is 0 Å². The molecule has 0 bridgehead atoms. The van der Waals surface area contributed by atoms with Crippen LogP contribution in [0.1, 0.15) is 24.7 Å². The highest BCUT2D eigenvalue weighted by Crippen LogP contribution is 2.34. The predicted molar refractivity (Wildman–Crippen MR) is 86.8 cm³/mol. The second-order valence-corrected chi connectivity index (χ2v) is 7.27. The van der Waals surface area contributed by atoms with Crippen molar-refractivity contribution in [3.8, 4) is 0 Å². The summed E-state index contributed by atoms with van der Waals surface area (Å²) in [7, 11) is -3.58. The van der Waals surface area contributed by atoms with Crippen LogP contribution in [-0.4, -0.2) is 8.42 Å². The summed E-state index contributed by atoms with van der Waals surface area (Å²) in [6.45, 7) is 3.81. The zero-order chi connectivity index (χ0) is 15.7. The lowest BCUT2D eigenvalue weighted by Crippen LogP contribution is -2.02. The largest absolute Gasteiger partial charge is 0.460 e. The van der Waals surface area contributed by atoms with Gasteiger partial charge in [-0.25, -0.2) is 8.42 Å². The maximum Gasteiger partial charge on any atom is 0.210 e. The summed E-state index contributed by atoms with van der Waals surface area (Å²) < 4.78 is 31.5. The van der Waals surface area contributed by atoms with E-state index in [1.54, 1.807) is 37.3 Å². The van der Waals surface area contributed by atoms with E-state index in [1.807, 2.05) is 18.2 Å². The third-order valence-corrected chi connectivity index (χ3v) is 5.67. The lowest BCUT2D eigenvalue weighted by atomic mass is 10.1. The highest BCUT2D eigenvalue weighted by atomic mass is 32.2. The Morgan fingerprint density at radius 1 is 1.05 bits per heavy atom. The second-order valence-electron chi connectivity index (χ2n) is 5.38. The van der Waals surface area contributed by atoms with E-state index in [-0.39, 0.29) is 4.90 Å². The summed E-state index contributed by atoms with van der Waals surface area (Å²) in [5, 5.41) is 0.673. The Morgan fingerprint density at radius 3 is 2.45 bits per heavy atom. The second kappa shape index (κ2) is 5.61. The molecule has 0 aliphatic heterocycles. The molecule has 4 heteroatoms. The molecule has 3 aromatic rings. The number of furan rings is 1.